The molecule has 0 spiro atoms. The summed E-state index contributed by atoms with van der Waals surface area (Å²) >= 11 is 0. The molecule has 2 heterocycles. The van der Waals surface area contributed by atoms with Crippen molar-refractivity contribution in [3.63, 3.8) is 0 Å². The standard InChI is InChI=1S/C26H21NO4/c1-17-13-19-9-5-6-10-23(19)27(17)25(28)16-30-20-11-12-21-24(14-20)31-15-22(26(21)29)18-7-3-2-4-8-18/h2-12,14-15,17H,13,16H2,1H3/t17-/m1/s1. The number of hydrogen-bond donors (Lipinski definition) is 0. The topological polar surface area (TPSA) is 59.8 Å². The van der Waals surface area contributed by atoms with Gasteiger partial charge in [-0.05, 0) is 42.7 Å². The lowest BCUT2D eigenvalue weighted by Gasteiger charge is -2.22. The Kier molecular flexibility index (Phi) is 4.79. The number of nitrogens with zero attached hydrogens (tertiary/aromatic N) is 1. The SMILES string of the molecule is C[C@@H]1Cc2ccccc2N1C(=O)COc1ccc2c(=O)c(-c3ccccc3)coc2c1. The lowest BCUT2D eigenvalue weighted by molar-refractivity contribution is -0.120. The summed E-state index contributed by atoms with van der Waals surface area (Å²) in [6.07, 6.45) is 2.31. The van der Waals surface area contributed by atoms with Crippen LogP contribution in [-0.2, 0) is 11.2 Å². The second-order valence-corrected chi connectivity index (χ2v) is 7.74. The van der Waals surface area contributed by atoms with E-state index in [-0.39, 0.29) is 24.0 Å². The zero-order chi connectivity index (χ0) is 21.4. The third-order valence-corrected chi connectivity index (χ3v) is 5.67. The Morgan fingerprint density at radius 1 is 1.06 bits per heavy atom. The molecule has 0 saturated heterocycles. The molecule has 1 aliphatic heterocycles. The average Bonchev–Trinajstić information content (AvgIpc) is 3.14. The third kappa shape index (κ3) is 3.48. The van der Waals surface area contributed by atoms with E-state index >= 15 is 0 Å². The first-order valence-corrected chi connectivity index (χ1v) is 10.3. The minimum Gasteiger partial charge on any atom is -0.484 e. The molecule has 154 valence electrons. The molecule has 5 nitrogen and oxygen atoms in total. The number of anilines is 1. The van der Waals surface area contributed by atoms with Gasteiger partial charge in [0, 0.05) is 17.8 Å². The van der Waals surface area contributed by atoms with E-state index < -0.39 is 0 Å². The van der Waals surface area contributed by atoms with E-state index in [1.807, 2.05) is 55.5 Å². The lowest BCUT2D eigenvalue weighted by Crippen LogP contribution is -2.39. The van der Waals surface area contributed by atoms with Crippen LogP contribution in [0.15, 0.2) is 88.3 Å². The largest absolute Gasteiger partial charge is 0.484 e. The van der Waals surface area contributed by atoms with Crippen LogP contribution in [-0.4, -0.2) is 18.6 Å². The molecule has 0 saturated carbocycles. The fourth-order valence-corrected chi connectivity index (χ4v) is 4.18. The Balaban J connectivity index is 1.36. The molecule has 1 aromatic heterocycles. The molecule has 3 aromatic carbocycles. The third-order valence-electron chi connectivity index (χ3n) is 5.67. The number of hydrogen-bond acceptors (Lipinski definition) is 4. The molecule has 1 atom stereocenters. The minimum atomic E-state index is -0.0995. The second kappa shape index (κ2) is 7.76. The van der Waals surface area contributed by atoms with Gasteiger partial charge in [0.05, 0.1) is 10.9 Å². The molecule has 0 N–H and O–H groups in total. The fraction of sp³-hybridized carbons (Fsp3) is 0.154. The summed E-state index contributed by atoms with van der Waals surface area (Å²) in [6.45, 7) is 1.95. The molecule has 0 unspecified atom stereocenters. The maximum absolute atomic E-state index is 12.9. The lowest BCUT2D eigenvalue weighted by atomic mass is 10.1. The van der Waals surface area contributed by atoms with Crippen LogP contribution in [0.4, 0.5) is 5.69 Å². The molecule has 0 aliphatic carbocycles. The zero-order valence-corrected chi connectivity index (χ0v) is 17.1. The van der Waals surface area contributed by atoms with Gasteiger partial charge in [-0.25, -0.2) is 0 Å². The number of amides is 1. The number of carbonyl (C=O) groups excluding carboxylic acids is 1. The van der Waals surface area contributed by atoms with Crippen LogP contribution in [0.3, 0.4) is 0 Å². The van der Waals surface area contributed by atoms with Crippen LogP contribution in [0.25, 0.3) is 22.1 Å². The van der Waals surface area contributed by atoms with E-state index in [1.165, 1.54) is 11.8 Å². The number of para-hydroxylation sites is 1. The normalized spacial score (nSPS) is 15.1. The monoisotopic (exact) mass is 411 g/mol. The van der Waals surface area contributed by atoms with Crippen molar-refractivity contribution in [2.75, 3.05) is 11.5 Å². The molecule has 1 amide bonds. The molecular formula is C26H21NO4. The van der Waals surface area contributed by atoms with Crippen LogP contribution in [0, 0.1) is 0 Å². The van der Waals surface area contributed by atoms with Crippen molar-refractivity contribution < 1.29 is 13.9 Å². The molecule has 1 aliphatic rings. The summed E-state index contributed by atoms with van der Waals surface area (Å²) in [5, 5.41) is 0.474. The molecule has 0 bridgehead atoms. The van der Waals surface area contributed by atoms with Crippen molar-refractivity contribution in [1.82, 2.24) is 0 Å². The minimum absolute atomic E-state index is 0.0868. The fourth-order valence-electron chi connectivity index (χ4n) is 4.18. The summed E-state index contributed by atoms with van der Waals surface area (Å²) in [4.78, 5) is 27.5. The van der Waals surface area contributed by atoms with Gasteiger partial charge in [0.15, 0.2) is 12.0 Å². The Morgan fingerprint density at radius 2 is 1.84 bits per heavy atom. The predicted octanol–water partition coefficient (Wildman–Crippen LogP) is 4.82. The van der Waals surface area contributed by atoms with Crippen LogP contribution < -0.4 is 15.1 Å². The van der Waals surface area contributed by atoms with Crippen molar-refractivity contribution in [3.05, 3.63) is 94.8 Å². The van der Waals surface area contributed by atoms with Gasteiger partial charge in [-0.3, -0.25) is 9.59 Å². The maximum atomic E-state index is 12.9. The smallest absolute Gasteiger partial charge is 0.265 e. The van der Waals surface area contributed by atoms with Crippen molar-refractivity contribution in [1.29, 1.82) is 0 Å². The number of fused-ring (bicyclic) bond motifs is 2. The average molecular weight is 411 g/mol. The van der Waals surface area contributed by atoms with Gasteiger partial charge in [0.25, 0.3) is 5.91 Å². The Morgan fingerprint density at radius 3 is 2.68 bits per heavy atom. The van der Waals surface area contributed by atoms with E-state index in [4.69, 9.17) is 9.15 Å². The molecule has 5 heteroatoms. The summed E-state index contributed by atoms with van der Waals surface area (Å²) in [7, 11) is 0. The molecule has 31 heavy (non-hydrogen) atoms. The number of carbonyl (C=O) groups is 1. The quantitative estimate of drug-likeness (QED) is 0.483. The van der Waals surface area contributed by atoms with Crippen LogP contribution in [0.1, 0.15) is 12.5 Å². The van der Waals surface area contributed by atoms with E-state index in [0.29, 0.717) is 22.3 Å². The molecular weight excluding hydrogens is 390 g/mol. The highest BCUT2D eigenvalue weighted by Crippen LogP contribution is 2.32. The highest BCUT2D eigenvalue weighted by atomic mass is 16.5. The Labute approximate surface area is 179 Å². The van der Waals surface area contributed by atoms with Crippen molar-refractivity contribution in [2.24, 2.45) is 0 Å². The van der Waals surface area contributed by atoms with Gasteiger partial charge in [-0.2, -0.15) is 0 Å². The Bertz CT molecular complexity index is 1330. The van der Waals surface area contributed by atoms with Gasteiger partial charge in [0.1, 0.15) is 17.6 Å². The Hall–Kier alpha value is -3.86. The summed E-state index contributed by atoms with van der Waals surface area (Å²) in [5.74, 6) is 0.384. The first kappa shape index (κ1) is 19.1. The molecule has 0 radical (unpaired) electrons. The van der Waals surface area contributed by atoms with Gasteiger partial charge in [-0.1, -0.05) is 48.5 Å². The molecule has 0 fully saturated rings. The first-order chi connectivity index (χ1) is 15.1. The van der Waals surface area contributed by atoms with Gasteiger partial charge in [-0.15, -0.1) is 0 Å². The van der Waals surface area contributed by atoms with E-state index in [9.17, 15) is 9.59 Å². The number of rotatable bonds is 4. The number of ether oxygens (including phenoxy) is 1. The van der Waals surface area contributed by atoms with E-state index in [1.54, 1.807) is 23.1 Å². The van der Waals surface area contributed by atoms with Crippen LogP contribution in [0.5, 0.6) is 5.75 Å². The summed E-state index contributed by atoms with van der Waals surface area (Å²) in [6, 6.07) is 22.5. The van der Waals surface area contributed by atoms with Crippen molar-refractivity contribution in [2.45, 2.75) is 19.4 Å². The van der Waals surface area contributed by atoms with Crippen molar-refractivity contribution in [3.8, 4) is 16.9 Å². The van der Waals surface area contributed by atoms with E-state index in [0.717, 1.165) is 17.7 Å². The second-order valence-electron chi connectivity index (χ2n) is 7.74. The highest BCUT2D eigenvalue weighted by Gasteiger charge is 2.30. The summed E-state index contributed by atoms with van der Waals surface area (Å²) in [5.41, 5.74) is 3.77. The summed E-state index contributed by atoms with van der Waals surface area (Å²) < 4.78 is 11.5. The van der Waals surface area contributed by atoms with E-state index in [2.05, 4.69) is 6.07 Å². The van der Waals surface area contributed by atoms with Gasteiger partial charge < -0.3 is 14.1 Å². The van der Waals surface area contributed by atoms with Gasteiger partial charge in [0.2, 0.25) is 0 Å². The van der Waals surface area contributed by atoms with Gasteiger partial charge >= 0.3 is 0 Å². The van der Waals surface area contributed by atoms with Crippen LogP contribution in [0.2, 0.25) is 0 Å². The molecule has 5 rings (SSSR count). The van der Waals surface area contributed by atoms with Crippen LogP contribution >= 0.6 is 0 Å². The highest BCUT2D eigenvalue weighted by molar-refractivity contribution is 5.97. The zero-order valence-electron chi connectivity index (χ0n) is 17.1. The maximum Gasteiger partial charge on any atom is 0.265 e. The van der Waals surface area contributed by atoms with Crippen molar-refractivity contribution >= 4 is 22.6 Å². The number of benzene rings is 3. The first-order valence-electron chi connectivity index (χ1n) is 10.3. The predicted molar refractivity (Wildman–Crippen MR) is 121 cm³/mol. The molecule has 4 aromatic rings.